The lowest BCUT2D eigenvalue weighted by Gasteiger charge is -2.29. The Hall–Kier alpha value is -2.30. The molecular weight excluding hydrogens is 364 g/mol. The van der Waals surface area contributed by atoms with Gasteiger partial charge in [-0.05, 0) is 23.3 Å². The second kappa shape index (κ2) is 8.88. The molecule has 0 saturated carbocycles. The van der Waals surface area contributed by atoms with E-state index in [1.54, 1.807) is 23.2 Å². The van der Waals surface area contributed by atoms with Crippen molar-refractivity contribution >= 4 is 29.3 Å². The molecule has 0 fully saturated rings. The monoisotopic (exact) mass is 382 g/mol. The number of hydrogen-bond acceptors (Lipinski definition) is 3. The number of nitrogens with zero attached hydrogens (tertiary/aromatic N) is 2. The van der Waals surface area contributed by atoms with E-state index in [0.717, 1.165) is 11.1 Å². The lowest BCUT2D eigenvalue weighted by atomic mass is 9.97. The fourth-order valence-electron chi connectivity index (χ4n) is 2.76. The maximum absolute atomic E-state index is 12.8. The van der Waals surface area contributed by atoms with Gasteiger partial charge in [-0.25, -0.2) is 4.98 Å². The second-order valence-corrected chi connectivity index (χ2v) is 7.18. The largest absolute Gasteiger partial charge is 0.334 e. The Morgan fingerprint density at radius 3 is 2.12 bits per heavy atom. The van der Waals surface area contributed by atoms with Gasteiger partial charge in [-0.2, -0.15) is 0 Å². The van der Waals surface area contributed by atoms with Crippen LogP contribution in [0.2, 0.25) is 5.02 Å². The molecule has 3 aromatic rings. The van der Waals surface area contributed by atoms with Crippen LogP contribution < -0.4 is 0 Å². The summed E-state index contributed by atoms with van der Waals surface area (Å²) >= 11 is 7.49. The number of carbonyl (C=O) groups excluding carboxylic acids is 1. The summed E-state index contributed by atoms with van der Waals surface area (Å²) in [6, 6.07) is 23.5. The number of pyridine rings is 1. The van der Waals surface area contributed by atoms with E-state index in [4.69, 9.17) is 11.6 Å². The molecule has 0 aliphatic heterocycles. The molecule has 0 spiro atoms. The van der Waals surface area contributed by atoms with Crippen LogP contribution in [-0.2, 0) is 4.79 Å². The van der Waals surface area contributed by atoms with E-state index in [1.807, 2.05) is 67.7 Å². The van der Waals surface area contributed by atoms with Gasteiger partial charge in [-0.15, -0.1) is 0 Å². The first-order chi connectivity index (χ1) is 12.7. The summed E-state index contributed by atoms with van der Waals surface area (Å²) < 4.78 is 0. The van der Waals surface area contributed by atoms with Crippen LogP contribution in [0.3, 0.4) is 0 Å². The topological polar surface area (TPSA) is 33.2 Å². The van der Waals surface area contributed by atoms with Crippen LogP contribution in [0.5, 0.6) is 0 Å². The van der Waals surface area contributed by atoms with E-state index >= 15 is 0 Å². The van der Waals surface area contributed by atoms with Gasteiger partial charge in [0.1, 0.15) is 5.03 Å². The Bertz CT molecular complexity index is 819. The molecule has 0 saturated heterocycles. The molecule has 5 heteroatoms. The predicted octanol–water partition coefficient (Wildman–Crippen LogP) is 5.08. The van der Waals surface area contributed by atoms with Gasteiger partial charge in [0.25, 0.3) is 0 Å². The quantitative estimate of drug-likeness (QED) is 0.557. The van der Waals surface area contributed by atoms with Crippen molar-refractivity contribution in [2.45, 2.75) is 11.1 Å². The fourth-order valence-corrected chi connectivity index (χ4v) is 3.85. The van der Waals surface area contributed by atoms with Gasteiger partial charge in [0, 0.05) is 13.2 Å². The molecule has 26 heavy (non-hydrogen) atoms. The van der Waals surface area contributed by atoms with Gasteiger partial charge >= 0.3 is 0 Å². The number of thioether (sulfide) groups is 1. The summed E-state index contributed by atoms with van der Waals surface area (Å²) in [6.07, 6.45) is 1.68. The van der Waals surface area contributed by atoms with Crippen molar-refractivity contribution in [1.29, 1.82) is 0 Å². The molecule has 3 rings (SSSR count). The average Bonchev–Trinajstić information content (AvgIpc) is 2.69. The van der Waals surface area contributed by atoms with Crippen molar-refractivity contribution in [1.82, 2.24) is 9.88 Å². The van der Waals surface area contributed by atoms with Crippen LogP contribution in [0.4, 0.5) is 0 Å². The van der Waals surface area contributed by atoms with Crippen molar-refractivity contribution in [2.75, 3.05) is 12.8 Å². The molecule has 132 valence electrons. The summed E-state index contributed by atoms with van der Waals surface area (Å²) in [5.41, 5.74) is 2.16. The highest BCUT2D eigenvalue weighted by Gasteiger charge is 2.23. The number of carbonyl (C=O) groups is 1. The van der Waals surface area contributed by atoms with Crippen molar-refractivity contribution in [2.24, 2.45) is 0 Å². The lowest BCUT2D eigenvalue weighted by molar-refractivity contribution is -0.128. The Kier molecular flexibility index (Phi) is 6.31. The van der Waals surface area contributed by atoms with Crippen molar-refractivity contribution in [3.63, 3.8) is 0 Å². The highest BCUT2D eigenvalue weighted by Crippen LogP contribution is 2.29. The van der Waals surface area contributed by atoms with Crippen LogP contribution >= 0.6 is 23.4 Å². The Balaban J connectivity index is 1.80. The number of rotatable bonds is 6. The predicted molar refractivity (Wildman–Crippen MR) is 107 cm³/mol. The molecule has 0 atom stereocenters. The number of hydrogen-bond donors (Lipinski definition) is 0. The minimum atomic E-state index is -0.135. The van der Waals surface area contributed by atoms with Gasteiger partial charge in [0.15, 0.2) is 0 Å². The standard InChI is InChI=1S/C21H19ClN2OS/c1-24(19(25)15-26-21-18(22)13-8-14-23-21)20(16-9-4-2-5-10-16)17-11-6-3-7-12-17/h2-14,20H,15H2,1H3. The molecule has 0 unspecified atom stereocenters. The molecule has 0 aliphatic rings. The Morgan fingerprint density at radius 1 is 1.00 bits per heavy atom. The zero-order valence-corrected chi connectivity index (χ0v) is 16.0. The van der Waals surface area contributed by atoms with Crippen LogP contribution in [-0.4, -0.2) is 28.6 Å². The fraction of sp³-hybridized carbons (Fsp3) is 0.143. The van der Waals surface area contributed by atoms with E-state index in [1.165, 1.54) is 11.8 Å². The van der Waals surface area contributed by atoms with Gasteiger partial charge in [0.05, 0.1) is 16.8 Å². The average molecular weight is 383 g/mol. The van der Waals surface area contributed by atoms with Gasteiger partial charge in [-0.1, -0.05) is 84.0 Å². The lowest BCUT2D eigenvalue weighted by Crippen LogP contribution is -2.33. The maximum Gasteiger partial charge on any atom is 0.233 e. The summed E-state index contributed by atoms with van der Waals surface area (Å²) in [4.78, 5) is 18.9. The first-order valence-electron chi connectivity index (χ1n) is 8.25. The molecule has 1 heterocycles. The van der Waals surface area contributed by atoms with Crippen molar-refractivity contribution in [3.8, 4) is 0 Å². The van der Waals surface area contributed by atoms with E-state index in [-0.39, 0.29) is 17.7 Å². The Labute approximate surface area is 163 Å². The minimum Gasteiger partial charge on any atom is -0.334 e. The summed E-state index contributed by atoms with van der Waals surface area (Å²) in [5, 5.41) is 1.24. The number of halogens is 1. The first-order valence-corrected chi connectivity index (χ1v) is 9.62. The van der Waals surface area contributed by atoms with E-state index in [2.05, 4.69) is 4.98 Å². The summed E-state index contributed by atoms with van der Waals surface area (Å²) in [7, 11) is 1.84. The van der Waals surface area contributed by atoms with Crippen molar-refractivity contribution < 1.29 is 4.79 Å². The van der Waals surface area contributed by atoms with Gasteiger partial charge in [0.2, 0.25) is 5.91 Å². The van der Waals surface area contributed by atoms with Crippen LogP contribution in [0.1, 0.15) is 17.2 Å². The third-order valence-corrected chi connectivity index (χ3v) is 5.48. The van der Waals surface area contributed by atoms with E-state index in [9.17, 15) is 4.79 Å². The number of aromatic nitrogens is 1. The third kappa shape index (κ3) is 4.45. The van der Waals surface area contributed by atoms with Crippen molar-refractivity contribution in [3.05, 3.63) is 95.1 Å². The normalized spacial score (nSPS) is 10.7. The summed E-state index contributed by atoms with van der Waals surface area (Å²) in [6.45, 7) is 0. The smallest absolute Gasteiger partial charge is 0.233 e. The molecule has 1 amide bonds. The molecule has 0 N–H and O–H groups in total. The molecule has 1 aromatic heterocycles. The zero-order chi connectivity index (χ0) is 18.4. The highest BCUT2D eigenvalue weighted by molar-refractivity contribution is 8.00. The van der Waals surface area contributed by atoms with E-state index in [0.29, 0.717) is 10.0 Å². The molecule has 2 aromatic carbocycles. The number of amides is 1. The number of benzene rings is 2. The van der Waals surface area contributed by atoms with Crippen LogP contribution in [0.25, 0.3) is 0 Å². The molecule has 0 bridgehead atoms. The molecule has 0 aliphatic carbocycles. The SMILES string of the molecule is CN(C(=O)CSc1ncccc1Cl)C(c1ccccc1)c1ccccc1. The Morgan fingerprint density at radius 2 is 1.58 bits per heavy atom. The highest BCUT2D eigenvalue weighted by atomic mass is 35.5. The van der Waals surface area contributed by atoms with Gasteiger partial charge in [-0.3, -0.25) is 4.79 Å². The van der Waals surface area contributed by atoms with Crippen LogP contribution in [0.15, 0.2) is 84.0 Å². The minimum absolute atomic E-state index is 0.0226. The molecule has 0 radical (unpaired) electrons. The zero-order valence-electron chi connectivity index (χ0n) is 14.4. The second-order valence-electron chi connectivity index (χ2n) is 5.81. The molecule has 3 nitrogen and oxygen atoms in total. The third-order valence-electron chi connectivity index (χ3n) is 4.07. The van der Waals surface area contributed by atoms with Crippen LogP contribution in [0, 0.1) is 0 Å². The van der Waals surface area contributed by atoms with E-state index < -0.39 is 0 Å². The molecular formula is C21H19ClN2OS. The summed E-state index contributed by atoms with van der Waals surface area (Å²) in [5.74, 6) is 0.304. The first kappa shape index (κ1) is 18.5. The van der Waals surface area contributed by atoms with Gasteiger partial charge < -0.3 is 4.90 Å². The maximum atomic E-state index is 12.8.